The van der Waals surface area contributed by atoms with E-state index < -0.39 is 12.6 Å². The van der Waals surface area contributed by atoms with Crippen LogP contribution in [0.15, 0.2) is 22.7 Å². The summed E-state index contributed by atoms with van der Waals surface area (Å²) in [6, 6.07) is 5.25. The quantitative estimate of drug-likeness (QED) is 0.709. The first kappa shape index (κ1) is 16.8. The van der Waals surface area contributed by atoms with E-state index in [1.807, 2.05) is 19.1 Å². The first-order chi connectivity index (χ1) is 8.83. The largest absolute Gasteiger partial charge is 0.389 e. The highest BCUT2D eigenvalue weighted by atomic mass is 79.9. The van der Waals surface area contributed by atoms with Gasteiger partial charge in [-0.2, -0.15) is 13.2 Å². The van der Waals surface area contributed by atoms with Gasteiger partial charge in [0.1, 0.15) is 0 Å². The molecule has 1 N–H and O–H groups in total. The van der Waals surface area contributed by atoms with E-state index in [4.69, 9.17) is 11.6 Å². The highest BCUT2D eigenvalue weighted by molar-refractivity contribution is 9.10. The van der Waals surface area contributed by atoms with Gasteiger partial charge in [0.25, 0.3) is 0 Å². The minimum atomic E-state index is -4.10. The third-order valence-electron chi connectivity index (χ3n) is 2.74. The minimum Gasteiger partial charge on any atom is -0.310 e. The summed E-state index contributed by atoms with van der Waals surface area (Å²) in [5.41, 5.74) is 0.833. The Bertz CT molecular complexity index is 409. The van der Waals surface area contributed by atoms with E-state index in [2.05, 4.69) is 21.2 Å². The van der Waals surface area contributed by atoms with Crippen molar-refractivity contribution in [1.29, 1.82) is 0 Å². The maximum atomic E-state index is 12.2. The minimum absolute atomic E-state index is 0.0873. The summed E-state index contributed by atoms with van der Waals surface area (Å²) in [5.74, 6) is 0. The second kappa shape index (κ2) is 7.50. The monoisotopic (exact) mass is 357 g/mol. The van der Waals surface area contributed by atoms with E-state index >= 15 is 0 Å². The van der Waals surface area contributed by atoms with Crippen LogP contribution in [0.4, 0.5) is 13.2 Å². The van der Waals surface area contributed by atoms with Gasteiger partial charge >= 0.3 is 6.18 Å². The van der Waals surface area contributed by atoms with Gasteiger partial charge in [0.05, 0.1) is 0 Å². The smallest absolute Gasteiger partial charge is 0.310 e. The summed E-state index contributed by atoms with van der Waals surface area (Å²) >= 11 is 9.46. The van der Waals surface area contributed by atoms with Crippen molar-refractivity contribution in [2.75, 3.05) is 6.54 Å². The molecule has 0 aliphatic carbocycles. The van der Waals surface area contributed by atoms with Crippen LogP contribution in [0.3, 0.4) is 0 Å². The molecule has 1 aromatic rings. The predicted octanol–water partition coefficient (Wildman–Crippen LogP) is 5.49. The average Bonchev–Trinajstić information content (AvgIpc) is 2.30. The van der Waals surface area contributed by atoms with E-state index in [0.717, 1.165) is 10.0 Å². The number of hydrogen-bond donors (Lipinski definition) is 1. The molecular formula is C13H16BrClF3N. The highest BCUT2D eigenvalue weighted by Gasteiger charge is 2.27. The van der Waals surface area contributed by atoms with Crippen molar-refractivity contribution in [2.45, 2.75) is 38.4 Å². The average molecular weight is 359 g/mol. The van der Waals surface area contributed by atoms with Crippen LogP contribution < -0.4 is 5.32 Å². The number of hydrogen-bond acceptors (Lipinski definition) is 1. The molecule has 1 nitrogen and oxygen atoms in total. The number of halogens is 5. The maximum absolute atomic E-state index is 12.2. The van der Waals surface area contributed by atoms with Gasteiger partial charge in [-0.3, -0.25) is 0 Å². The Balaban J connectivity index is 2.73. The molecule has 1 rings (SSSR count). The van der Waals surface area contributed by atoms with Gasteiger partial charge in [-0.1, -0.05) is 34.5 Å². The fourth-order valence-corrected chi connectivity index (χ4v) is 2.53. The molecule has 0 bridgehead atoms. The Labute approximate surface area is 124 Å². The number of benzene rings is 1. The SMILES string of the molecule is CCNC(CCCC(F)(F)F)c1cc(Br)ccc1Cl. The number of alkyl halides is 3. The van der Waals surface area contributed by atoms with Crippen LogP contribution in [-0.2, 0) is 0 Å². The van der Waals surface area contributed by atoms with E-state index in [0.29, 0.717) is 18.0 Å². The first-order valence-corrected chi connectivity index (χ1v) is 7.25. The lowest BCUT2D eigenvalue weighted by Gasteiger charge is -2.20. The topological polar surface area (TPSA) is 12.0 Å². The van der Waals surface area contributed by atoms with Crippen LogP contribution in [-0.4, -0.2) is 12.7 Å². The van der Waals surface area contributed by atoms with E-state index in [-0.39, 0.29) is 12.5 Å². The van der Waals surface area contributed by atoms with Crippen LogP contribution in [0.25, 0.3) is 0 Å². The fraction of sp³-hybridized carbons (Fsp3) is 0.538. The molecular weight excluding hydrogens is 343 g/mol. The van der Waals surface area contributed by atoms with Crippen molar-refractivity contribution in [2.24, 2.45) is 0 Å². The standard InChI is InChI=1S/C13H16BrClF3N/c1-2-19-12(4-3-7-13(16,17)18)10-8-9(14)5-6-11(10)15/h5-6,8,12,19H,2-4,7H2,1H3. The first-order valence-electron chi connectivity index (χ1n) is 6.08. The lowest BCUT2D eigenvalue weighted by atomic mass is 10.0. The second-order valence-electron chi connectivity index (χ2n) is 4.28. The molecule has 6 heteroatoms. The molecule has 0 aromatic heterocycles. The second-order valence-corrected chi connectivity index (χ2v) is 5.61. The zero-order valence-corrected chi connectivity index (χ0v) is 12.9. The van der Waals surface area contributed by atoms with Gasteiger partial charge in [-0.05, 0) is 43.1 Å². The number of rotatable bonds is 6. The molecule has 0 fully saturated rings. The molecule has 0 aliphatic rings. The van der Waals surface area contributed by atoms with Gasteiger partial charge < -0.3 is 5.32 Å². The Morgan fingerprint density at radius 3 is 2.63 bits per heavy atom. The summed E-state index contributed by atoms with van der Waals surface area (Å²) in [5, 5.41) is 3.75. The number of nitrogens with one attached hydrogen (secondary N) is 1. The molecule has 0 radical (unpaired) electrons. The Morgan fingerprint density at radius 1 is 1.37 bits per heavy atom. The van der Waals surface area contributed by atoms with Crippen molar-refractivity contribution in [1.82, 2.24) is 5.32 Å². The van der Waals surface area contributed by atoms with Gasteiger partial charge in [0, 0.05) is 22.0 Å². The van der Waals surface area contributed by atoms with Crippen LogP contribution in [0.5, 0.6) is 0 Å². The van der Waals surface area contributed by atoms with Crippen molar-refractivity contribution in [3.63, 3.8) is 0 Å². The molecule has 0 amide bonds. The third kappa shape index (κ3) is 6.15. The highest BCUT2D eigenvalue weighted by Crippen LogP contribution is 2.31. The summed E-state index contributed by atoms with van der Waals surface area (Å²) < 4.78 is 37.4. The summed E-state index contributed by atoms with van der Waals surface area (Å²) in [7, 11) is 0. The van der Waals surface area contributed by atoms with E-state index in [1.165, 1.54) is 0 Å². The van der Waals surface area contributed by atoms with E-state index in [1.54, 1.807) is 6.07 Å². The molecule has 0 spiro atoms. The van der Waals surface area contributed by atoms with Crippen LogP contribution in [0, 0.1) is 0 Å². The molecule has 0 heterocycles. The molecule has 1 unspecified atom stereocenters. The molecule has 0 aliphatic heterocycles. The third-order valence-corrected chi connectivity index (χ3v) is 3.57. The summed E-state index contributed by atoms with van der Waals surface area (Å²) in [6.45, 7) is 2.60. The molecule has 0 saturated heterocycles. The molecule has 0 saturated carbocycles. The van der Waals surface area contributed by atoms with Gasteiger partial charge in [-0.15, -0.1) is 0 Å². The van der Waals surface area contributed by atoms with Gasteiger partial charge in [0.15, 0.2) is 0 Å². The normalized spacial score (nSPS) is 13.6. The molecule has 19 heavy (non-hydrogen) atoms. The Hall–Kier alpha value is -0.260. The Kier molecular flexibility index (Phi) is 6.63. The predicted molar refractivity (Wildman–Crippen MR) is 75.5 cm³/mol. The van der Waals surface area contributed by atoms with Crippen LogP contribution in [0.1, 0.15) is 37.8 Å². The fourth-order valence-electron chi connectivity index (χ4n) is 1.90. The summed E-state index contributed by atoms with van der Waals surface area (Å²) in [6.07, 6.45) is -4.37. The van der Waals surface area contributed by atoms with Crippen molar-refractivity contribution in [3.05, 3.63) is 33.3 Å². The van der Waals surface area contributed by atoms with E-state index in [9.17, 15) is 13.2 Å². The zero-order chi connectivity index (χ0) is 14.5. The van der Waals surface area contributed by atoms with Crippen molar-refractivity contribution >= 4 is 27.5 Å². The Morgan fingerprint density at radius 2 is 2.05 bits per heavy atom. The van der Waals surface area contributed by atoms with Crippen LogP contribution in [0.2, 0.25) is 5.02 Å². The molecule has 1 aromatic carbocycles. The lowest BCUT2D eigenvalue weighted by molar-refractivity contribution is -0.135. The maximum Gasteiger partial charge on any atom is 0.389 e. The zero-order valence-electron chi connectivity index (χ0n) is 10.5. The van der Waals surface area contributed by atoms with Crippen molar-refractivity contribution < 1.29 is 13.2 Å². The van der Waals surface area contributed by atoms with Gasteiger partial charge in [-0.25, -0.2) is 0 Å². The summed E-state index contributed by atoms with van der Waals surface area (Å²) in [4.78, 5) is 0. The van der Waals surface area contributed by atoms with Crippen molar-refractivity contribution in [3.8, 4) is 0 Å². The molecule has 108 valence electrons. The lowest BCUT2D eigenvalue weighted by Crippen LogP contribution is -2.22. The molecule has 1 atom stereocenters. The van der Waals surface area contributed by atoms with Gasteiger partial charge in [0.2, 0.25) is 0 Å². The van der Waals surface area contributed by atoms with Crippen LogP contribution >= 0.6 is 27.5 Å².